The summed E-state index contributed by atoms with van der Waals surface area (Å²) in [4.78, 5) is 29.7. The highest BCUT2D eigenvalue weighted by molar-refractivity contribution is 5.50. The van der Waals surface area contributed by atoms with E-state index in [-0.39, 0.29) is 24.6 Å². The molecular formula is C31H32F2N4O2. The normalized spacial score (nSPS) is 16.3. The van der Waals surface area contributed by atoms with Crippen molar-refractivity contribution in [1.82, 2.24) is 9.13 Å². The van der Waals surface area contributed by atoms with Gasteiger partial charge in [0, 0.05) is 36.3 Å². The van der Waals surface area contributed by atoms with Gasteiger partial charge in [0.15, 0.2) is 0 Å². The number of benzene rings is 3. The molecule has 0 amide bonds. The molecule has 0 saturated carbocycles. The summed E-state index contributed by atoms with van der Waals surface area (Å²) in [5.74, 6) is -1.28. The number of rotatable bonds is 7. The molecule has 5 rings (SSSR count). The van der Waals surface area contributed by atoms with Crippen LogP contribution in [-0.2, 0) is 13.1 Å². The molecule has 1 fully saturated rings. The molecule has 2 atom stereocenters. The van der Waals surface area contributed by atoms with Crippen molar-refractivity contribution >= 4 is 5.69 Å². The summed E-state index contributed by atoms with van der Waals surface area (Å²) in [5.41, 5.74) is 7.83. The van der Waals surface area contributed by atoms with Crippen LogP contribution in [0, 0.1) is 18.6 Å². The molecule has 0 spiro atoms. The number of anilines is 1. The lowest BCUT2D eigenvalue weighted by Gasteiger charge is -2.35. The molecule has 8 heteroatoms. The van der Waals surface area contributed by atoms with Gasteiger partial charge in [0.1, 0.15) is 17.3 Å². The summed E-state index contributed by atoms with van der Waals surface area (Å²) in [6.45, 7) is 2.50. The maximum Gasteiger partial charge on any atom is 0.331 e. The van der Waals surface area contributed by atoms with Gasteiger partial charge < -0.3 is 10.6 Å². The fourth-order valence-electron chi connectivity index (χ4n) is 5.52. The van der Waals surface area contributed by atoms with Crippen molar-refractivity contribution in [2.75, 3.05) is 18.0 Å². The van der Waals surface area contributed by atoms with Gasteiger partial charge in [0.2, 0.25) is 0 Å². The first-order valence-corrected chi connectivity index (χ1v) is 13.2. The van der Waals surface area contributed by atoms with Crippen LogP contribution in [-0.4, -0.2) is 22.2 Å². The Hall–Kier alpha value is -4.04. The third-order valence-electron chi connectivity index (χ3n) is 7.65. The Bertz CT molecular complexity index is 1550. The summed E-state index contributed by atoms with van der Waals surface area (Å²) in [6, 6.07) is 22.4. The molecule has 0 bridgehead atoms. The summed E-state index contributed by atoms with van der Waals surface area (Å²) < 4.78 is 31.7. The molecule has 3 aromatic carbocycles. The quantitative estimate of drug-likeness (QED) is 0.375. The first kappa shape index (κ1) is 26.6. The molecule has 1 aliphatic rings. The van der Waals surface area contributed by atoms with Gasteiger partial charge >= 0.3 is 5.69 Å². The first-order chi connectivity index (χ1) is 18.8. The number of nitrogens with two attached hydrogens (primary N) is 1. The minimum Gasteiger partial charge on any atom is -0.365 e. The average molecular weight is 531 g/mol. The van der Waals surface area contributed by atoms with Crippen molar-refractivity contribution in [2.45, 2.75) is 44.8 Å². The Labute approximate surface area is 225 Å². The van der Waals surface area contributed by atoms with E-state index in [1.165, 1.54) is 16.2 Å². The van der Waals surface area contributed by atoms with Crippen molar-refractivity contribution in [3.8, 4) is 0 Å². The molecule has 2 heterocycles. The van der Waals surface area contributed by atoms with Crippen LogP contribution >= 0.6 is 0 Å². The Morgan fingerprint density at radius 3 is 2.21 bits per heavy atom. The number of nitrogens with zero attached hydrogens (tertiary/aromatic N) is 3. The zero-order chi connectivity index (χ0) is 27.5. The van der Waals surface area contributed by atoms with E-state index in [0.717, 1.165) is 35.1 Å². The van der Waals surface area contributed by atoms with Gasteiger partial charge in [-0.15, -0.1) is 0 Å². The smallest absolute Gasteiger partial charge is 0.331 e. The molecule has 1 aromatic heterocycles. The minimum absolute atomic E-state index is 0.0648. The van der Waals surface area contributed by atoms with Crippen molar-refractivity contribution in [2.24, 2.45) is 5.73 Å². The Balaban J connectivity index is 1.62. The molecule has 0 radical (unpaired) electrons. The van der Waals surface area contributed by atoms with Crippen LogP contribution in [0.1, 0.15) is 47.2 Å². The van der Waals surface area contributed by atoms with E-state index in [2.05, 4.69) is 12.1 Å². The fraction of sp³-hybridized carbons (Fsp3) is 0.290. The van der Waals surface area contributed by atoms with E-state index in [9.17, 15) is 18.4 Å². The minimum atomic E-state index is -0.747. The summed E-state index contributed by atoms with van der Waals surface area (Å²) in [5, 5.41) is 0. The maximum absolute atomic E-state index is 14.7. The molecule has 202 valence electrons. The monoisotopic (exact) mass is 530 g/mol. The maximum atomic E-state index is 14.7. The zero-order valence-corrected chi connectivity index (χ0v) is 21.9. The standard InChI is InChI=1S/C31H32F2N4O2/c1-21-29(35-17-9-14-24(18-35)22-10-4-2-5-11-22)30(38)37(20-28(34)23-12-6-3-7-13-23)31(39)36(21)19-25-26(32)15-8-16-27(25)33/h2-8,10-13,15-16,24,28H,9,14,17-20,34H2,1H3/t24?,28-/m0/s1. The van der Waals surface area contributed by atoms with Crippen LogP contribution < -0.4 is 21.9 Å². The predicted octanol–water partition coefficient (Wildman–Crippen LogP) is 4.73. The van der Waals surface area contributed by atoms with Gasteiger partial charge in [0.25, 0.3) is 5.56 Å². The van der Waals surface area contributed by atoms with Crippen molar-refractivity contribution < 1.29 is 8.78 Å². The number of piperidine rings is 1. The highest BCUT2D eigenvalue weighted by atomic mass is 19.1. The van der Waals surface area contributed by atoms with E-state index in [0.29, 0.717) is 24.5 Å². The van der Waals surface area contributed by atoms with Crippen LogP contribution in [0.25, 0.3) is 0 Å². The highest BCUT2D eigenvalue weighted by Gasteiger charge is 2.28. The zero-order valence-electron chi connectivity index (χ0n) is 21.9. The van der Waals surface area contributed by atoms with Crippen LogP contribution in [0.5, 0.6) is 0 Å². The van der Waals surface area contributed by atoms with E-state index < -0.39 is 28.9 Å². The third kappa shape index (κ3) is 5.43. The summed E-state index contributed by atoms with van der Waals surface area (Å²) in [6.07, 6.45) is 1.84. The van der Waals surface area contributed by atoms with Gasteiger partial charge in [-0.2, -0.15) is 0 Å². The molecule has 2 N–H and O–H groups in total. The van der Waals surface area contributed by atoms with Crippen LogP contribution in [0.15, 0.2) is 88.5 Å². The lowest BCUT2D eigenvalue weighted by Crippen LogP contribution is -2.48. The summed E-state index contributed by atoms with van der Waals surface area (Å²) >= 11 is 0. The summed E-state index contributed by atoms with van der Waals surface area (Å²) in [7, 11) is 0. The van der Waals surface area contributed by atoms with Crippen LogP contribution in [0.4, 0.5) is 14.5 Å². The molecule has 6 nitrogen and oxygen atoms in total. The van der Waals surface area contributed by atoms with Crippen molar-refractivity contribution in [3.63, 3.8) is 0 Å². The number of aromatic nitrogens is 2. The lowest BCUT2D eigenvalue weighted by atomic mass is 9.90. The second kappa shape index (κ2) is 11.4. The van der Waals surface area contributed by atoms with Crippen LogP contribution in [0.3, 0.4) is 0 Å². The number of hydrogen-bond donors (Lipinski definition) is 1. The van der Waals surface area contributed by atoms with Gasteiger partial charge in [-0.1, -0.05) is 66.7 Å². The van der Waals surface area contributed by atoms with Gasteiger partial charge in [0.05, 0.1) is 13.1 Å². The first-order valence-electron chi connectivity index (χ1n) is 13.2. The second-order valence-electron chi connectivity index (χ2n) is 10.1. The van der Waals surface area contributed by atoms with Gasteiger partial charge in [-0.05, 0) is 43.0 Å². The van der Waals surface area contributed by atoms with E-state index in [4.69, 9.17) is 5.73 Å². The molecule has 1 aliphatic heterocycles. The Morgan fingerprint density at radius 1 is 0.897 bits per heavy atom. The van der Waals surface area contributed by atoms with E-state index >= 15 is 0 Å². The Kier molecular flexibility index (Phi) is 7.74. The molecule has 39 heavy (non-hydrogen) atoms. The molecule has 1 unspecified atom stereocenters. The van der Waals surface area contributed by atoms with Crippen molar-refractivity contribution in [1.29, 1.82) is 0 Å². The predicted molar refractivity (Wildman–Crippen MR) is 149 cm³/mol. The van der Waals surface area contributed by atoms with Gasteiger partial charge in [-0.25, -0.2) is 13.6 Å². The van der Waals surface area contributed by atoms with Gasteiger partial charge in [-0.3, -0.25) is 13.9 Å². The molecule has 1 saturated heterocycles. The van der Waals surface area contributed by atoms with E-state index in [1.807, 2.05) is 53.4 Å². The largest absolute Gasteiger partial charge is 0.365 e. The number of halogens is 2. The highest BCUT2D eigenvalue weighted by Crippen LogP contribution is 2.30. The number of hydrogen-bond acceptors (Lipinski definition) is 4. The van der Waals surface area contributed by atoms with Crippen molar-refractivity contribution in [3.05, 3.63) is 134 Å². The Morgan fingerprint density at radius 2 is 1.54 bits per heavy atom. The molecule has 0 aliphatic carbocycles. The fourth-order valence-corrected chi connectivity index (χ4v) is 5.52. The molecular weight excluding hydrogens is 498 g/mol. The third-order valence-corrected chi connectivity index (χ3v) is 7.65. The van der Waals surface area contributed by atoms with E-state index in [1.54, 1.807) is 6.92 Å². The second-order valence-corrected chi connectivity index (χ2v) is 10.1. The molecule has 4 aromatic rings. The SMILES string of the molecule is Cc1c(N2CCCC(c3ccccc3)C2)c(=O)n(C[C@H](N)c2ccccc2)c(=O)n1Cc1c(F)cccc1F. The average Bonchev–Trinajstić information content (AvgIpc) is 2.96. The van der Waals surface area contributed by atoms with Crippen LogP contribution in [0.2, 0.25) is 0 Å². The lowest BCUT2D eigenvalue weighted by molar-refractivity contribution is 0.477. The topological polar surface area (TPSA) is 73.3 Å².